The maximum absolute atomic E-state index is 10.6. The molecule has 0 saturated carbocycles. The third-order valence-electron chi connectivity index (χ3n) is 3.65. The first-order valence-corrected chi connectivity index (χ1v) is 6.28. The molecule has 1 aliphatic rings. The van der Waals surface area contributed by atoms with Crippen LogP contribution in [0.1, 0.15) is 35.6 Å². The van der Waals surface area contributed by atoms with Crippen LogP contribution in [-0.4, -0.2) is 23.8 Å². The minimum atomic E-state index is -0.758. The number of hydrogen-bond donors (Lipinski definition) is 3. The van der Waals surface area contributed by atoms with Gasteiger partial charge in [-0.1, -0.05) is 29.3 Å². The van der Waals surface area contributed by atoms with E-state index in [-0.39, 0.29) is 6.04 Å². The van der Waals surface area contributed by atoms with Crippen LogP contribution in [-0.2, 0) is 0 Å². The van der Waals surface area contributed by atoms with Crippen LogP contribution in [0.3, 0.4) is 0 Å². The summed E-state index contributed by atoms with van der Waals surface area (Å²) < 4.78 is 0. The Morgan fingerprint density at radius 3 is 2.24 bits per heavy atom. The number of rotatable bonds is 2. The van der Waals surface area contributed by atoms with Gasteiger partial charge in [0.1, 0.15) is 0 Å². The number of hydrogen-bond acceptors (Lipinski definition) is 3. The Balaban J connectivity index is 2.26. The Morgan fingerprint density at radius 2 is 1.71 bits per heavy atom. The van der Waals surface area contributed by atoms with Crippen LogP contribution in [0, 0.1) is 13.8 Å². The van der Waals surface area contributed by atoms with Gasteiger partial charge in [-0.3, -0.25) is 0 Å². The molecule has 2 rings (SSSR count). The molecule has 1 fully saturated rings. The summed E-state index contributed by atoms with van der Waals surface area (Å²) in [6.45, 7) is 5.81. The second-order valence-electron chi connectivity index (χ2n) is 5.25. The van der Waals surface area contributed by atoms with Crippen molar-refractivity contribution in [2.45, 2.75) is 38.3 Å². The first-order chi connectivity index (χ1) is 8.01. The third-order valence-corrected chi connectivity index (χ3v) is 3.65. The van der Waals surface area contributed by atoms with E-state index in [4.69, 9.17) is 5.73 Å². The number of aliphatic hydroxyl groups is 1. The van der Waals surface area contributed by atoms with Crippen molar-refractivity contribution in [3.63, 3.8) is 0 Å². The van der Waals surface area contributed by atoms with E-state index in [0.29, 0.717) is 0 Å². The summed E-state index contributed by atoms with van der Waals surface area (Å²) in [7, 11) is 0. The highest BCUT2D eigenvalue weighted by Crippen LogP contribution is 2.32. The van der Waals surface area contributed by atoms with E-state index >= 15 is 0 Å². The van der Waals surface area contributed by atoms with Gasteiger partial charge in [0.2, 0.25) is 0 Å². The number of piperidine rings is 1. The monoisotopic (exact) mass is 234 g/mol. The molecule has 0 amide bonds. The largest absolute Gasteiger partial charge is 0.388 e. The second kappa shape index (κ2) is 4.77. The smallest absolute Gasteiger partial charge is 0.0863 e. The lowest BCUT2D eigenvalue weighted by molar-refractivity contribution is -0.0143. The first-order valence-electron chi connectivity index (χ1n) is 6.28. The van der Waals surface area contributed by atoms with Crippen molar-refractivity contribution in [2.75, 3.05) is 13.1 Å². The van der Waals surface area contributed by atoms with Crippen molar-refractivity contribution in [1.82, 2.24) is 5.32 Å². The molecule has 94 valence electrons. The maximum atomic E-state index is 10.6. The molecule has 1 atom stereocenters. The molecular formula is C14H22N2O. The molecule has 17 heavy (non-hydrogen) atoms. The predicted octanol–water partition coefficient (Wildman–Crippen LogP) is 1.42. The highest BCUT2D eigenvalue weighted by atomic mass is 16.3. The molecule has 0 bridgehead atoms. The Morgan fingerprint density at radius 1 is 1.18 bits per heavy atom. The van der Waals surface area contributed by atoms with Gasteiger partial charge in [-0.15, -0.1) is 0 Å². The van der Waals surface area contributed by atoms with Crippen molar-refractivity contribution >= 4 is 0 Å². The first kappa shape index (κ1) is 12.6. The zero-order valence-corrected chi connectivity index (χ0v) is 10.7. The van der Waals surface area contributed by atoms with Crippen molar-refractivity contribution < 1.29 is 5.11 Å². The average molecular weight is 234 g/mol. The minimum Gasteiger partial charge on any atom is -0.388 e. The zero-order valence-electron chi connectivity index (χ0n) is 10.7. The molecule has 1 aliphatic heterocycles. The number of nitrogens with one attached hydrogen (secondary N) is 1. The number of aryl methyl sites for hydroxylation is 2. The summed E-state index contributed by atoms with van der Waals surface area (Å²) in [5.41, 5.74) is 8.96. The average Bonchev–Trinajstić information content (AvgIpc) is 2.27. The van der Waals surface area contributed by atoms with Crippen LogP contribution in [0.5, 0.6) is 0 Å². The lowest BCUT2D eigenvalue weighted by Gasteiger charge is -2.38. The minimum absolute atomic E-state index is 0.289. The lowest BCUT2D eigenvalue weighted by atomic mass is 9.81. The summed E-state index contributed by atoms with van der Waals surface area (Å²) in [5.74, 6) is 0. The Kier molecular flexibility index (Phi) is 3.52. The molecule has 1 heterocycles. The van der Waals surface area contributed by atoms with Crippen LogP contribution >= 0.6 is 0 Å². The summed E-state index contributed by atoms with van der Waals surface area (Å²) in [5, 5.41) is 13.9. The van der Waals surface area contributed by atoms with Crippen molar-refractivity contribution in [2.24, 2.45) is 5.73 Å². The van der Waals surface area contributed by atoms with E-state index < -0.39 is 5.60 Å². The summed E-state index contributed by atoms with van der Waals surface area (Å²) in [6, 6.07) is 6.00. The highest BCUT2D eigenvalue weighted by Gasteiger charge is 2.36. The zero-order chi connectivity index (χ0) is 12.5. The van der Waals surface area contributed by atoms with E-state index in [1.807, 2.05) is 0 Å². The van der Waals surface area contributed by atoms with Gasteiger partial charge in [0, 0.05) is 0 Å². The molecule has 0 aliphatic carbocycles. The Labute approximate surface area is 103 Å². The highest BCUT2D eigenvalue weighted by molar-refractivity contribution is 5.32. The molecule has 1 aromatic carbocycles. The van der Waals surface area contributed by atoms with Gasteiger partial charge in [0.25, 0.3) is 0 Å². The van der Waals surface area contributed by atoms with E-state index in [1.165, 1.54) is 11.1 Å². The summed E-state index contributed by atoms with van der Waals surface area (Å²) in [6.07, 6.45) is 1.45. The number of benzene rings is 1. The van der Waals surface area contributed by atoms with Gasteiger partial charge < -0.3 is 16.2 Å². The van der Waals surface area contributed by atoms with Crippen LogP contribution < -0.4 is 11.1 Å². The maximum Gasteiger partial charge on any atom is 0.0863 e. The van der Waals surface area contributed by atoms with E-state index in [1.54, 1.807) is 0 Å². The Hall–Kier alpha value is -0.900. The van der Waals surface area contributed by atoms with Crippen molar-refractivity contribution in [3.05, 3.63) is 34.9 Å². The van der Waals surface area contributed by atoms with Gasteiger partial charge in [0.05, 0.1) is 11.6 Å². The fourth-order valence-corrected chi connectivity index (χ4v) is 2.67. The van der Waals surface area contributed by atoms with Gasteiger partial charge in [-0.2, -0.15) is 0 Å². The third kappa shape index (κ3) is 2.68. The van der Waals surface area contributed by atoms with E-state index in [0.717, 1.165) is 31.5 Å². The molecule has 0 aromatic heterocycles. The predicted molar refractivity (Wildman–Crippen MR) is 69.9 cm³/mol. The van der Waals surface area contributed by atoms with Crippen LogP contribution in [0.15, 0.2) is 18.2 Å². The van der Waals surface area contributed by atoms with Crippen LogP contribution in [0.2, 0.25) is 0 Å². The SMILES string of the molecule is Cc1cc(C)cc(C(N)C2(O)CCNCC2)c1. The van der Waals surface area contributed by atoms with Gasteiger partial charge in [-0.25, -0.2) is 0 Å². The van der Waals surface area contributed by atoms with Gasteiger partial charge >= 0.3 is 0 Å². The van der Waals surface area contributed by atoms with Crippen molar-refractivity contribution in [3.8, 4) is 0 Å². The van der Waals surface area contributed by atoms with Crippen molar-refractivity contribution in [1.29, 1.82) is 0 Å². The molecular weight excluding hydrogens is 212 g/mol. The molecule has 0 spiro atoms. The molecule has 4 N–H and O–H groups in total. The molecule has 3 nitrogen and oxygen atoms in total. The summed E-state index contributed by atoms with van der Waals surface area (Å²) >= 11 is 0. The lowest BCUT2D eigenvalue weighted by Crippen LogP contribution is -2.49. The molecule has 1 saturated heterocycles. The van der Waals surface area contributed by atoms with Gasteiger partial charge in [-0.05, 0) is 45.3 Å². The van der Waals surface area contributed by atoms with E-state index in [2.05, 4.69) is 37.4 Å². The Bertz CT molecular complexity index is 377. The van der Waals surface area contributed by atoms with Gasteiger partial charge in [0.15, 0.2) is 0 Å². The second-order valence-corrected chi connectivity index (χ2v) is 5.25. The van der Waals surface area contributed by atoms with E-state index in [9.17, 15) is 5.11 Å². The normalized spacial score (nSPS) is 21.2. The fourth-order valence-electron chi connectivity index (χ4n) is 2.67. The summed E-state index contributed by atoms with van der Waals surface area (Å²) in [4.78, 5) is 0. The topological polar surface area (TPSA) is 58.3 Å². The number of nitrogens with two attached hydrogens (primary N) is 1. The van der Waals surface area contributed by atoms with Crippen LogP contribution in [0.25, 0.3) is 0 Å². The molecule has 1 aromatic rings. The molecule has 1 unspecified atom stereocenters. The van der Waals surface area contributed by atoms with Crippen LogP contribution in [0.4, 0.5) is 0 Å². The molecule has 3 heteroatoms. The molecule has 0 radical (unpaired) electrons. The fraction of sp³-hybridized carbons (Fsp3) is 0.571. The standard InChI is InChI=1S/C14H22N2O/c1-10-7-11(2)9-12(8-10)13(15)14(17)3-5-16-6-4-14/h7-9,13,16-17H,3-6,15H2,1-2H3. The quantitative estimate of drug-likeness (QED) is 0.725.